The summed E-state index contributed by atoms with van der Waals surface area (Å²) in [7, 11) is 0. The predicted molar refractivity (Wildman–Crippen MR) is 118 cm³/mol. The van der Waals surface area contributed by atoms with Crippen LogP contribution in [0.4, 0.5) is 5.82 Å². The molecule has 0 radical (unpaired) electrons. The number of piperidine rings is 1. The number of ether oxygens (including phenoxy) is 1. The van der Waals surface area contributed by atoms with Crippen LogP contribution in [0.2, 0.25) is 0 Å². The minimum Gasteiger partial charge on any atom is -0.484 e. The van der Waals surface area contributed by atoms with E-state index in [9.17, 15) is 9.90 Å². The van der Waals surface area contributed by atoms with Crippen LogP contribution in [0.5, 0.6) is 5.75 Å². The van der Waals surface area contributed by atoms with E-state index in [1.807, 2.05) is 17.0 Å². The molecule has 0 unspecified atom stereocenters. The smallest absolute Gasteiger partial charge is 0.258 e. The monoisotopic (exact) mass is 425 g/mol. The summed E-state index contributed by atoms with van der Waals surface area (Å²) < 4.78 is 5.62. The Hall–Kier alpha value is -2.71. The summed E-state index contributed by atoms with van der Waals surface area (Å²) in [5, 5.41) is 13.7. The fourth-order valence-corrected chi connectivity index (χ4v) is 4.26. The van der Waals surface area contributed by atoms with Gasteiger partial charge >= 0.3 is 0 Å². The molecule has 0 bridgehead atoms. The van der Waals surface area contributed by atoms with E-state index in [-0.39, 0.29) is 19.1 Å². The Kier molecular flexibility index (Phi) is 6.99. The van der Waals surface area contributed by atoms with Crippen LogP contribution < -0.4 is 15.0 Å². The van der Waals surface area contributed by atoms with Gasteiger partial charge in [-0.3, -0.25) is 14.7 Å². The van der Waals surface area contributed by atoms with Crippen LogP contribution in [-0.2, 0) is 11.3 Å². The van der Waals surface area contributed by atoms with E-state index in [4.69, 9.17) is 4.74 Å². The normalized spacial score (nSPS) is 21.8. The van der Waals surface area contributed by atoms with Crippen molar-refractivity contribution < 1.29 is 14.6 Å². The van der Waals surface area contributed by atoms with E-state index in [1.165, 1.54) is 31.5 Å². The lowest BCUT2D eigenvalue weighted by atomic mass is 9.92. The van der Waals surface area contributed by atoms with Crippen LogP contribution in [-0.4, -0.2) is 70.8 Å². The Morgan fingerprint density at radius 2 is 1.94 bits per heavy atom. The summed E-state index contributed by atoms with van der Waals surface area (Å²) in [6, 6.07) is 7.92. The maximum Gasteiger partial charge on any atom is 0.258 e. The number of aliphatic hydroxyl groups is 1. The van der Waals surface area contributed by atoms with Gasteiger partial charge < -0.3 is 20.1 Å². The highest BCUT2D eigenvalue weighted by atomic mass is 16.5. The molecule has 1 aromatic heterocycles. The molecule has 2 N–H and O–H groups in total. The first-order chi connectivity index (χ1) is 15.1. The Morgan fingerprint density at radius 3 is 2.68 bits per heavy atom. The number of hydrogen-bond donors (Lipinski definition) is 2. The summed E-state index contributed by atoms with van der Waals surface area (Å²) >= 11 is 0. The number of nitrogens with one attached hydrogen (secondary N) is 1. The second kappa shape index (κ2) is 10.1. The summed E-state index contributed by atoms with van der Waals surface area (Å²) in [6.07, 6.45) is 8.97. The van der Waals surface area contributed by atoms with Gasteiger partial charge in [0, 0.05) is 38.6 Å². The van der Waals surface area contributed by atoms with E-state index < -0.39 is 5.60 Å². The molecule has 3 heterocycles. The average Bonchev–Trinajstić information content (AvgIpc) is 3.31. The Morgan fingerprint density at radius 1 is 1.13 bits per heavy atom. The fourth-order valence-electron chi connectivity index (χ4n) is 4.26. The molecule has 8 heteroatoms. The lowest BCUT2D eigenvalue weighted by Crippen LogP contribution is -2.55. The van der Waals surface area contributed by atoms with Gasteiger partial charge in [0.05, 0.1) is 11.8 Å². The molecule has 1 atom stereocenters. The van der Waals surface area contributed by atoms with Gasteiger partial charge in [0.1, 0.15) is 11.6 Å². The molecule has 2 saturated heterocycles. The third-order valence-corrected chi connectivity index (χ3v) is 5.94. The first-order valence-electron chi connectivity index (χ1n) is 11.0. The van der Waals surface area contributed by atoms with E-state index >= 15 is 0 Å². The first kappa shape index (κ1) is 21.5. The maximum absolute atomic E-state index is 12.3. The van der Waals surface area contributed by atoms with Crippen molar-refractivity contribution in [3.63, 3.8) is 0 Å². The van der Waals surface area contributed by atoms with Crippen molar-refractivity contribution >= 4 is 11.7 Å². The van der Waals surface area contributed by atoms with Crippen molar-refractivity contribution in [1.82, 2.24) is 20.2 Å². The van der Waals surface area contributed by atoms with Crippen LogP contribution in [0.1, 0.15) is 31.2 Å². The fraction of sp³-hybridized carbons (Fsp3) is 0.522. The number of hydrogen-bond acceptors (Lipinski definition) is 7. The van der Waals surface area contributed by atoms with Gasteiger partial charge in [0.25, 0.3) is 5.91 Å². The lowest BCUT2D eigenvalue weighted by molar-refractivity contribution is -0.124. The minimum atomic E-state index is -0.997. The minimum absolute atomic E-state index is 0.0740. The van der Waals surface area contributed by atoms with Crippen molar-refractivity contribution in [3.8, 4) is 5.75 Å². The molecule has 2 aliphatic heterocycles. The second-order valence-corrected chi connectivity index (χ2v) is 8.51. The molecule has 2 aliphatic rings. The van der Waals surface area contributed by atoms with Crippen LogP contribution in [0.25, 0.3) is 0 Å². The number of benzene rings is 1. The highest BCUT2D eigenvalue weighted by Crippen LogP contribution is 2.24. The molecule has 4 rings (SSSR count). The van der Waals surface area contributed by atoms with E-state index in [0.717, 1.165) is 25.3 Å². The van der Waals surface area contributed by atoms with E-state index in [0.29, 0.717) is 18.7 Å². The van der Waals surface area contributed by atoms with Crippen molar-refractivity contribution in [2.75, 3.05) is 44.2 Å². The van der Waals surface area contributed by atoms with Gasteiger partial charge in [-0.05, 0) is 56.5 Å². The second-order valence-electron chi connectivity index (χ2n) is 8.51. The highest BCUT2D eigenvalue weighted by Gasteiger charge is 2.34. The number of carbonyl (C=O) groups is 1. The SMILES string of the molecule is O=C(COc1ccc(CN2CCCC2)cc1)NC[C@@]1(O)CCCN(c2cnccn2)C1. The molecule has 166 valence electrons. The number of anilines is 1. The highest BCUT2D eigenvalue weighted by molar-refractivity contribution is 5.77. The van der Waals surface area contributed by atoms with E-state index in [2.05, 4.69) is 32.3 Å². The Bertz CT molecular complexity index is 842. The number of nitrogens with zero attached hydrogens (tertiary/aromatic N) is 4. The van der Waals surface area contributed by atoms with Crippen molar-refractivity contribution in [2.24, 2.45) is 0 Å². The number of aromatic nitrogens is 2. The zero-order valence-electron chi connectivity index (χ0n) is 17.9. The van der Waals surface area contributed by atoms with Crippen LogP contribution >= 0.6 is 0 Å². The van der Waals surface area contributed by atoms with Gasteiger partial charge in [-0.25, -0.2) is 4.98 Å². The van der Waals surface area contributed by atoms with Gasteiger partial charge in [-0.15, -0.1) is 0 Å². The number of likely N-dealkylation sites (tertiary alicyclic amines) is 1. The molecule has 31 heavy (non-hydrogen) atoms. The number of β-amino-alcohol motifs (C(OH)–C–C–N with tert-alkyl or cyclic N) is 1. The zero-order valence-corrected chi connectivity index (χ0v) is 17.9. The maximum atomic E-state index is 12.3. The standard InChI is InChI=1S/C23H31N5O3/c29-22(16-31-20-6-4-19(5-7-20)15-27-11-1-2-12-27)26-17-23(30)8-3-13-28(18-23)21-14-24-9-10-25-21/h4-7,9-10,14,30H,1-3,8,11-13,15-18H2,(H,26,29)/t23-/m0/s1. The van der Waals surface area contributed by atoms with Crippen molar-refractivity contribution in [1.29, 1.82) is 0 Å². The molecule has 1 amide bonds. The summed E-state index contributed by atoms with van der Waals surface area (Å²) in [5.41, 5.74) is 0.258. The molecule has 0 saturated carbocycles. The third kappa shape index (κ3) is 6.15. The lowest BCUT2D eigenvalue weighted by Gasteiger charge is -2.39. The van der Waals surface area contributed by atoms with Crippen molar-refractivity contribution in [2.45, 2.75) is 37.8 Å². The molecule has 8 nitrogen and oxygen atoms in total. The van der Waals surface area contributed by atoms with Gasteiger partial charge in [-0.2, -0.15) is 0 Å². The number of rotatable bonds is 8. The molecular formula is C23H31N5O3. The Labute approximate surface area is 183 Å². The number of amides is 1. The van der Waals surface area contributed by atoms with E-state index in [1.54, 1.807) is 18.6 Å². The average molecular weight is 426 g/mol. The largest absolute Gasteiger partial charge is 0.484 e. The first-order valence-corrected chi connectivity index (χ1v) is 11.0. The molecule has 2 aromatic rings. The predicted octanol–water partition coefficient (Wildman–Crippen LogP) is 1.60. The Balaban J connectivity index is 1.20. The molecular weight excluding hydrogens is 394 g/mol. The van der Waals surface area contributed by atoms with Gasteiger partial charge in [0.15, 0.2) is 6.61 Å². The van der Waals surface area contributed by atoms with Gasteiger partial charge in [-0.1, -0.05) is 12.1 Å². The zero-order chi connectivity index (χ0) is 21.5. The molecule has 2 fully saturated rings. The summed E-state index contributed by atoms with van der Waals surface area (Å²) in [6.45, 7) is 4.63. The topological polar surface area (TPSA) is 90.8 Å². The summed E-state index contributed by atoms with van der Waals surface area (Å²) in [4.78, 5) is 25.1. The van der Waals surface area contributed by atoms with Crippen LogP contribution in [0.15, 0.2) is 42.9 Å². The van der Waals surface area contributed by atoms with Crippen molar-refractivity contribution in [3.05, 3.63) is 48.4 Å². The number of carbonyl (C=O) groups excluding carboxylic acids is 1. The van der Waals surface area contributed by atoms with Gasteiger partial charge in [0.2, 0.25) is 0 Å². The molecule has 0 aliphatic carbocycles. The molecule has 1 aromatic carbocycles. The quantitative estimate of drug-likeness (QED) is 0.664. The van der Waals surface area contributed by atoms with Crippen LogP contribution in [0.3, 0.4) is 0 Å². The molecule has 0 spiro atoms. The van der Waals surface area contributed by atoms with Crippen LogP contribution in [0, 0.1) is 0 Å². The summed E-state index contributed by atoms with van der Waals surface area (Å²) in [5.74, 6) is 1.17. The third-order valence-electron chi connectivity index (χ3n) is 5.94.